The van der Waals surface area contributed by atoms with Gasteiger partial charge in [-0.15, -0.1) is 24.8 Å². The van der Waals surface area contributed by atoms with Crippen LogP contribution in [0.2, 0.25) is 0 Å². The Morgan fingerprint density at radius 1 is 1.32 bits per heavy atom. The van der Waals surface area contributed by atoms with Crippen molar-refractivity contribution in [2.75, 3.05) is 46.4 Å². The van der Waals surface area contributed by atoms with E-state index in [4.69, 9.17) is 0 Å². The van der Waals surface area contributed by atoms with Gasteiger partial charge in [0.2, 0.25) is 10.0 Å². The molecule has 0 bridgehead atoms. The average molecular weight is 418 g/mol. The van der Waals surface area contributed by atoms with Gasteiger partial charge in [-0.1, -0.05) is 6.07 Å². The summed E-state index contributed by atoms with van der Waals surface area (Å²) in [5.74, 6) is -1.95. The SMILES string of the molecule is COC(=O)c1c(F)cccc1S(=O)(=O)NCCN1CCNCC1.Cl.Cl. The molecule has 0 atom stereocenters. The van der Waals surface area contributed by atoms with Crippen LogP contribution in [0, 0.1) is 5.82 Å². The number of rotatable bonds is 6. The molecule has 1 aliphatic rings. The van der Waals surface area contributed by atoms with E-state index < -0.39 is 32.3 Å². The zero-order valence-electron chi connectivity index (χ0n) is 13.7. The molecule has 2 N–H and O–H groups in total. The van der Waals surface area contributed by atoms with Gasteiger partial charge in [0.05, 0.1) is 12.0 Å². The van der Waals surface area contributed by atoms with Crippen LogP contribution in [0.15, 0.2) is 23.1 Å². The van der Waals surface area contributed by atoms with Crippen molar-refractivity contribution in [1.82, 2.24) is 14.9 Å². The molecule has 0 amide bonds. The Kier molecular flexibility index (Phi) is 10.5. The highest BCUT2D eigenvalue weighted by molar-refractivity contribution is 7.89. The monoisotopic (exact) mass is 417 g/mol. The summed E-state index contributed by atoms with van der Waals surface area (Å²) < 4.78 is 45.4. The standard InChI is InChI=1S/C14H20FN3O4S.2ClH/c1-22-14(19)13-11(15)3-2-4-12(13)23(20,21)17-7-10-18-8-5-16-6-9-18;;/h2-4,16-17H,5-10H2,1H3;2*1H. The van der Waals surface area contributed by atoms with Crippen LogP contribution >= 0.6 is 24.8 Å². The molecule has 0 aromatic heterocycles. The summed E-state index contributed by atoms with van der Waals surface area (Å²) in [5, 5.41) is 3.21. The molecular formula is C14H22Cl2FN3O4S. The number of esters is 1. The summed E-state index contributed by atoms with van der Waals surface area (Å²) in [7, 11) is -2.93. The van der Waals surface area contributed by atoms with Gasteiger partial charge in [-0.05, 0) is 12.1 Å². The first kappa shape index (κ1) is 24.0. The third-order valence-corrected chi connectivity index (χ3v) is 5.09. The van der Waals surface area contributed by atoms with E-state index in [1.165, 1.54) is 12.1 Å². The number of nitrogens with one attached hydrogen (secondary N) is 2. The van der Waals surface area contributed by atoms with Crippen LogP contribution in [0.4, 0.5) is 4.39 Å². The van der Waals surface area contributed by atoms with Crippen molar-refractivity contribution in [2.45, 2.75) is 4.90 Å². The van der Waals surface area contributed by atoms with Crippen LogP contribution in [0.25, 0.3) is 0 Å². The lowest BCUT2D eigenvalue weighted by atomic mass is 10.2. The largest absolute Gasteiger partial charge is 0.465 e. The minimum atomic E-state index is -4.00. The summed E-state index contributed by atoms with van der Waals surface area (Å²) >= 11 is 0. The summed E-state index contributed by atoms with van der Waals surface area (Å²) in [4.78, 5) is 13.4. The van der Waals surface area contributed by atoms with Crippen molar-refractivity contribution in [3.05, 3.63) is 29.6 Å². The number of methoxy groups -OCH3 is 1. The molecule has 1 saturated heterocycles. The van der Waals surface area contributed by atoms with Crippen LogP contribution in [-0.4, -0.2) is 65.7 Å². The maximum atomic E-state index is 13.8. The fraction of sp³-hybridized carbons (Fsp3) is 0.500. The number of halogens is 3. The Bertz CT molecular complexity index is 670. The number of benzene rings is 1. The maximum Gasteiger partial charge on any atom is 0.342 e. The Balaban J connectivity index is 0.00000288. The smallest absolute Gasteiger partial charge is 0.342 e. The lowest BCUT2D eigenvalue weighted by molar-refractivity contribution is 0.0590. The third-order valence-electron chi connectivity index (χ3n) is 3.58. The van der Waals surface area contributed by atoms with E-state index in [-0.39, 0.29) is 31.4 Å². The van der Waals surface area contributed by atoms with E-state index in [1.807, 2.05) is 0 Å². The van der Waals surface area contributed by atoms with Crippen molar-refractivity contribution in [3.8, 4) is 0 Å². The van der Waals surface area contributed by atoms with Crippen molar-refractivity contribution in [3.63, 3.8) is 0 Å². The third kappa shape index (κ3) is 6.36. The van der Waals surface area contributed by atoms with E-state index in [0.717, 1.165) is 39.4 Å². The Labute approximate surface area is 159 Å². The van der Waals surface area contributed by atoms with E-state index in [9.17, 15) is 17.6 Å². The highest BCUT2D eigenvalue weighted by atomic mass is 35.5. The molecule has 0 radical (unpaired) electrons. The van der Waals surface area contributed by atoms with Crippen LogP contribution in [0.5, 0.6) is 0 Å². The zero-order chi connectivity index (χ0) is 16.9. The molecule has 144 valence electrons. The molecule has 1 aliphatic heterocycles. The lowest BCUT2D eigenvalue weighted by Crippen LogP contribution is -2.46. The van der Waals surface area contributed by atoms with Crippen LogP contribution < -0.4 is 10.0 Å². The second-order valence-corrected chi connectivity index (χ2v) is 6.83. The van der Waals surface area contributed by atoms with Gasteiger partial charge in [0.15, 0.2) is 0 Å². The summed E-state index contributed by atoms with van der Waals surface area (Å²) in [6.07, 6.45) is 0. The highest BCUT2D eigenvalue weighted by Gasteiger charge is 2.26. The summed E-state index contributed by atoms with van der Waals surface area (Å²) in [5.41, 5.74) is -0.579. The summed E-state index contributed by atoms with van der Waals surface area (Å²) in [6, 6.07) is 3.45. The van der Waals surface area contributed by atoms with Crippen LogP contribution in [0.3, 0.4) is 0 Å². The van der Waals surface area contributed by atoms with E-state index in [1.54, 1.807) is 0 Å². The van der Waals surface area contributed by atoms with Gasteiger partial charge in [0.1, 0.15) is 11.4 Å². The quantitative estimate of drug-likeness (QED) is 0.660. The van der Waals surface area contributed by atoms with Crippen molar-refractivity contribution < 1.29 is 22.3 Å². The highest BCUT2D eigenvalue weighted by Crippen LogP contribution is 2.19. The van der Waals surface area contributed by atoms with Crippen molar-refractivity contribution >= 4 is 40.8 Å². The topological polar surface area (TPSA) is 87.7 Å². The summed E-state index contributed by atoms with van der Waals surface area (Å²) in [6.45, 7) is 4.14. The number of nitrogens with zero attached hydrogens (tertiary/aromatic N) is 1. The fourth-order valence-corrected chi connectivity index (χ4v) is 3.60. The second kappa shape index (κ2) is 10.9. The van der Waals surface area contributed by atoms with Crippen molar-refractivity contribution in [2.24, 2.45) is 0 Å². The molecule has 1 fully saturated rings. The fourth-order valence-electron chi connectivity index (χ4n) is 2.38. The Morgan fingerprint density at radius 2 is 1.96 bits per heavy atom. The number of sulfonamides is 1. The Hall–Kier alpha value is -0.970. The normalized spacial score (nSPS) is 15.0. The predicted molar refractivity (Wildman–Crippen MR) is 96.7 cm³/mol. The first-order valence-corrected chi connectivity index (χ1v) is 8.73. The number of ether oxygens (including phenoxy) is 1. The molecule has 1 aromatic carbocycles. The second-order valence-electron chi connectivity index (χ2n) is 5.09. The minimum absolute atomic E-state index is 0. The number of hydrogen-bond donors (Lipinski definition) is 2. The molecule has 11 heteroatoms. The Morgan fingerprint density at radius 3 is 2.56 bits per heavy atom. The molecule has 0 saturated carbocycles. The van der Waals surface area contributed by atoms with Gasteiger partial charge in [0, 0.05) is 39.3 Å². The molecule has 1 aromatic rings. The van der Waals surface area contributed by atoms with E-state index in [0.29, 0.717) is 6.54 Å². The molecule has 0 unspecified atom stereocenters. The number of carbonyl (C=O) groups excluding carboxylic acids is 1. The predicted octanol–water partition coefficient (Wildman–Crippen LogP) is 0.639. The number of carbonyl (C=O) groups is 1. The van der Waals surface area contributed by atoms with E-state index >= 15 is 0 Å². The molecule has 0 spiro atoms. The van der Waals surface area contributed by atoms with Gasteiger partial charge >= 0.3 is 5.97 Å². The molecule has 1 heterocycles. The number of hydrogen-bond acceptors (Lipinski definition) is 6. The minimum Gasteiger partial charge on any atom is -0.465 e. The van der Waals surface area contributed by atoms with Gasteiger partial charge in [-0.25, -0.2) is 22.3 Å². The maximum absolute atomic E-state index is 13.8. The van der Waals surface area contributed by atoms with Crippen LogP contribution in [-0.2, 0) is 14.8 Å². The van der Waals surface area contributed by atoms with Crippen molar-refractivity contribution in [1.29, 1.82) is 0 Å². The van der Waals surface area contributed by atoms with Crippen LogP contribution in [0.1, 0.15) is 10.4 Å². The van der Waals surface area contributed by atoms with E-state index in [2.05, 4.69) is 19.7 Å². The zero-order valence-corrected chi connectivity index (χ0v) is 16.1. The lowest BCUT2D eigenvalue weighted by Gasteiger charge is -2.27. The first-order chi connectivity index (χ1) is 11.0. The molecular weight excluding hydrogens is 396 g/mol. The number of piperazine rings is 1. The van der Waals surface area contributed by atoms with Gasteiger partial charge in [0.25, 0.3) is 0 Å². The van der Waals surface area contributed by atoms with Gasteiger partial charge in [-0.2, -0.15) is 0 Å². The van der Waals surface area contributed by atoms with Gasteiger partial charge in [-0.3, -0.25) is 4.90 Å². The molecule has 7 nitrogen and oxygen atoms in total. The first-order valence-electron chi connectivity index (χ1n) is 7.25. The molecule has 2 rings (SSSR count). The molecule has 25 heavy (non-hydrogen) atoms. The van der Waals surface area contributed by atoms with Gasteiger partial charge < -0.3 is 10.1 Å². The average Bonchev–Trinajstić information content (AvgIpc) is 2.54. The molecule has 0 aliphatic carbocycles.